The Morgan fingerprint density at radius 2 is 1.77 bits per heavy atom. The van der Waals surface area contributed by atoms with Gasteiger partial charge in [0, 0.05) is 29.2 Å². The first-order valence-corrected chi connectivity index (χ1v) is 10.1. The zero-order valence-electron chi connectivity index (χ0n) is 17.4. The maximum absolute atomic E-state index is 13.0. The van der Waals surface area contributed by atoms with Crippen molar-refractivity contribution in [2.45, 2.75) is 6.92 Å². The average molecular weight is 425 g/mol. The Hall–Kier alpha value is -3.32. The van der Waals surface area contributed by atoms with Gasteiger partial charge in [-0.15, -0.1) is 0 Å². The highest BCUT2D eigenvalue weighted by Crippen LogP contribution is 2.38. The summed E-state index contributed by atoms with van der Waals surface area (Å²) in [5.41, 5.74) is 3.00. The molecule has 0 fully saturated rings. The number of methoxy groups -OCH3 is 3. The normalized spacial score (nSPS) is 13.4. The Morgan fingerprint density at radius 1 is 1.10 bits per heavy atom. The minimum Gasteiger partial charge on any atom is -0.493 e. The Kier molecular flexibility index (Phi) is 6.74. The van der Waals surface area contributed by atoms with Crippen LogP contribution in [0.1, 0.15) is 22.8 Å². The minimum atomic E-state index is -0.282. The third kappa shape index (κ3) is 4.46. The van der Waals surface area contributed by atoms with Gasteiger partial charge in [0.15, 0.2) is 11.5 Å². The van der Waals surface area contributed by atoms with Gasteiger partial charge in [0.1, 0.15) is 0 Å². The van der Waals surface area contributed by atoms with Crippen molar-refractivity contribution in [2.75, 3.05) is 26.6 Å². The molecule has 30 heavy (non-hydrogen) atoms. The van der Waals surface area contributed by atoms with Crippen molar-refractivity contribution < 1.29 is 19.0 Å². The zero-order chi connectivity index (χ0) is 21.7. The fraction of sp³-hybridized carbons (Fsp3) is 0.174. The molecule has 1 aliphatic heterocycles. The van der Waals surface area contributed by atoms with E-state index in [9.17, 15) is 4.79 Å². The molecule has 156 valence electrons. The topological polar surface area (TPSA) is 60.0 Å². The lowest BCUT2D eigenvalue weighted by atomic mass is 10.1. The molecule has 2 aromatic carbocycles. The molecule has 0 radical (unpaired) electrons. The van der Waals surface area contributed by atoms with Gasteiger partial charge in [0.05, 0.1) is 26.4 Å². The van der Waals surface area contributed by atoms with E-state index in [0.717, 1.165) is 16.2 Å². The molecule has 1 N–H and O–H groups in total. The first-order chi connectivity index (χ1) is 14.5. The standard InChI is InChI=1S/C23H24N2O4S/c1-15(14-25-10-11-30-16(25)2)18-8-6-7-9-19(18)24-23(26)17-12-20(27-3)22(29-5)21(13-17)28-4/h6-14H,2H2,1,3-5H3,(H,24,26)/b15-14+. The number of hydrogen-bond donors (Lipinski definition) is 1. The number of nitrogens with zero attached hydrogens (tertiary/aromatic N) is 1. The van der Waals surface area contributed by atoms with E-state index in [4.69, 9.17) is 14.2 Å². The fourth-order valence-electron chi connectivity index (χ4n) is 3.05. The van der Waals surface area contributed by atoms with Gasteiger partial charge in [-0.1, -0.05) is 36.5 Å². The number of hydrogen-bond acceptors (Lipinski definition) is 6. The summed E-state index contributed by atoms with van der Waals surface area (Å²) >= 11 is 1.57. The number of rotatable bonds is 7. The van der Waals surface area contributed by atoms with E-state index >= 15 is 0 Å². The number of ether oxygens (including phenoxy) is 3. The molecule has 7 heteroatoms. The van der Waals surface area contributed by atoms with E-state index in [0.29, 0.717) is 28.5 Å². The van der Waals surface area contributed by atoms with Gasteiger partial charge < -0.3 is 24.4 Å². The van der Waals surface area contributed by atoms with E-state index in [1.807, 2.05) is 53.9 Å². The molecule has 0 unspecified atom stereocenters. The molecule has 0 saturated carbocycles. The lowest BCUT2D eigenvalue weighted by Crippen LogP contribution is -2.14. The largest absolute Gasteiger partial charge is 0.493 e. The maximum Gasteiger partial charge on any atom is 0.255 e. The van der Waals surface area contributed by atoms with Crippen molar-refractivity contribution in [2.24, 2.45) is 0 Å². The van der Waals surface area contributed by atoms with Crippen molar-refractivity contribution >= 4 is 28.9 Å². The van der Waals surface area contributed by atoms with Crippen LogP contribution in [0.4, 0.5) is 5.69 Å². The van der Waals surface area contributed by atoms with Crippen LogP contribution in [0.5, 0.6) is 17.2 Å². The Morgan fingerprint density at radius 3 is 2.33 bits per heavy atom. The van der Waals surface area contributed by atoms with Crippen LogP contribution in [0.25, 0.3) is 5.57 Å². The second-order valence-electron chi connectivity index (χ2n) is 6.43. The van der Waals surface area contributed by atoms with Crippen molar-refractivity contribution in [3.05, 3.63) is 76.9 Å². The van der Waals surface area contributed by atoms with Crippen LogP contribution in [0.3, 0.4) is 0 Å². The van der Waals surface area contributed by atoms with Gasteiger partial charge in [-0.05, 0) is 36.1 Å². The van der Waals surface area contributed by atoms with Crippen LogP contribution in [-0.4, -0.2) is 32.1 Å². The molecule has 6 nitrogen and oxygen atoms in total. The minimum absolute atomic E-state index is 0.282. The average Bonchev–Trinajstić information content (AvgIpc) is 3.17. The molecule has 0 aliphatic carbocycles. The molecule has 1 amide bonds. The zero-order valence-corrected chi connectivity index (χ0v) is 18.2. The molecule has 0 saturated heterocycles. The van der Waals surface area contributed by atoms with E-state index in [2.05, 4.69) is 11.9 Å². The molecule has 2 aromatic rings. The highest BCUT2D eigenvalue weighted by molar-refractivity contribution is 8.06. The molecule has 0 spiro atoms. The van der Waals surface area contributed by atoms with E-state index in [1.165, 1.54) is 21.3 Å². The van der Waals surface area contributed by atoms with Crippen LogP contribution >= 0.6 is 11.8 Å². The predicted molar refractivity (Wildman–Crippen MR) is 122 cm³/mol. The third-order valence-electron chi connectivity index (χ3n) is 4.57. The van der Waals surface area contributed by atoms with Gasteiger partial charge >= 0.3 is 0 Å². The lowest BCUT2D eigenvalue weighted by molar-refractivity contribution is 0.102. The summed E-state index contributed by atoms with van der Waals surface area (Å²) in [6.07, 6.45) is 3.94. The van der Waals surface area contributed by atoms with Crippen LogP contribution < -0.4 is 19.5 Å². The molecule has 0 atom stereocenters. The first kappa shape index (κ1) is 21.4. The molecule has 1 aliphatic rings. The number of amides is 1. The SMILES string of the molecule is C=C1SC=CN1/C=C(\C)c1ccccc1NC(=O)c1cc(OC)c(OC)c(OC)c1. The van der Waals surface area contributed by atoms with Crippen LogP contribution in [0.15, 0.2) is 65.8 Å². The van der Waals surface area contributed by atoms with E-state index < -0.39 is 0 Å². The highest BCUT2D eigenvalue weighted by atomic mass is 32.2. The number of carbonyl (C=O) groups is 1. The Labute approximate surface area is 180 Å². The summed E-state index contributed by atoms with van der Waals surface area (Å²) in [6, 6.07) is 10.9. The van der Waals surface area contributed by atoms with Crippen LogP contribution in [0, 0.1) is 0 Å². The smallest absolute Gasteiger partial charge is 0.255 e. The van der Waals surface area contributed by atoms with Gasteiger partial charge in [-0.3, -0.25) is 4.79 Å². The molecular formula is C23H24N2O4S. The van der Waals surface area contributed by atoms with Crippen molar-refractivity contribution in [1.82, 2.24) is 4.90 Å². The third-order valence-corrected chi connectivity index (χ3v) is 5.31. The van der Waals surface area contributed by atoms with Crippen molar-refractivity contribution in [3.8, 4) is 17.2 Å². The molecule has 0 aromatic heterocycles. The summed E-state index contributed by atoms with van der Waals surface area (Å²) in [7, 11) is 4.55. The van der Waals surface area contributed by atoms with Crippen molar-refractivity contribution in [1.29, 1.82) is 0 Å². The van der Waals surface area contributed by atoms with Crippen LogP contribution in [-0.2, 0) is 0 Å². The summed E-state index contributed by atoms with van der Waals surface area (Å²) in [6.45, 7) is 6.01. The van der Waals surface area contributed by atoms with E-state index in [1.54, 1.807) is 23.9 Å². The number of nitrogens with one attached hydrogen (secondary N) is 1. The number of benzene rings is 2. The second-order valence-corrected chi connectivity index (χ2v) is 7.41. The predicted octanol–water partition coefficient (Wildman–Crippen LogP) is 5.32. The number of carbonyl (C=O) groups excluding carboxylic acids is 1. The summed E-state index contributed by atoms with van der Waals surface area (Å²) in [5, 5.41) is 5.89. The van der Waals surface area contributed by atoms with Gasteiger partial charge in [0.25, 0.3) is 5.91 Å². The van der Waals surface area contributed by atoms with Gasteiger partial charge in [0.2, 0.25) is 5.75 Å². The summed E-state index contributed by atoms with van der Waals surface area (Å²) < 4.78 is 16.0. The summed E-state index contributed by atoms with van der Waals surface area (Å²) in [4.78, 5) is 15.0. The van der Waals surface area contributed by atoms with E-state index in [-0.39, 0.29) is 5.91 Å². The maximum atomic E-state index is 13.0. The van der Waals surface area contributed by atoms with Crippen molar-refractivity contribution in [3.63, 3.8) is 0 Å². The molecule has 0 bridgehead atoms. The molecule has 1 heterocycles. The van der Waals surface area contributed by atoms with Gasteiger partial charge in [-0.25, -0.2) is 0 Å². The lowest BCUT2D eigenvalue weighted by Gasteiger charge is -2.17. The first-order valence-electron chi connectivity index (χ1n) is 9.18. The molecular weight excluding hydrogens is 400 g/mol. The highest BCUT2D eigenvalue weighted by Gasteiger charge is 2.18. The molecule has 3 rings (SSSR count). The monoisotopic (exact) mass is 424 g/mol. The number of allylic oxidation sites excluding steroid dienone is 1. The quantitative estimate of drug-likeness (QED) is 0.649. The van der Waals surface area contributed by atoms with Crippen LogP contribution in [0.2, 0.25) is 0 Å². The fourth-order valence-corrected chi connectivity index (χ4v) is 3.64. The number of para-hydroxylation sites is 1. The summed E-state index contributed by atoms with van der Waals surface area (Å²) in [5.74, 6) is 0.995. The Balaban J connectivity index is 1.91. The van der Waals surface area contributed by atoms with Gasteiger partial charge in [-0.2, -0.15) is 0 Å². The number of thioether (sulfide) groups is 1. The second kappa shape index (κ2) is 9.45. The Bertz CT molecular complexity index is 1000. The number of anilines is 1.